The lowest BCUT2D eigenvalue weighted by Gasteiger charge is -2.11. The summed E-state index contributed by atoms with van der Waals surface area (Å²) in [5.41, 5.74) is 1.06. The Bertz CT molecular complexity index is 530. The third-order valence-electron chi connectivity index (χ3n) is 2.65. The molecule has 1 N–H and O–H groups in total. The van der Waals surface area contributed by atoms with Gasteiger partial charge < -0.3 is 5.32 Å². The molecule has 3 nitrogen and oxygen atoms in total. The van der Waals surface area contributed by atoms with E-state index in [1.165, 1.54) is 0 Å². The van der Waals surface area contributed by atoms with E-state index in [0.717, 1.165) is 26.6 Å². The molecule has 2 aromatic heterocycles. The zero-order valence-electron chi connectivity index (χ0n) is 10.9. The van der Waals surface area contributed by atoms with Crippen molar-refractivity contribution in [1.82, 2.24) is 15.3 Å². The Labute approximate surface area is 126 Å². The first-order valence-corrected chi connectivity index (χ1v) is 7.79. The molecule has 1 unspecified atom stereocenters. The van der Waals surface area contributed by atoms with Crippen molar-refractivity contribution in [2.45, 2.75) is 29.8 Å². The fourth-order valence-electron chi connectivity index (χ4n) is 1.68. The smallest absolute Gasteiger partial charge is 0.115 e. The number of halogens is 1. The predicted molar refractivity (Wildman–Crippen MR) is 82.4 cm³/mol. The van der Waals surface area contributed by atoms with E-state index >= 15 is 0 Å². The lowest BCUT2D eigenvalue weighted by molar-refractivity contribution is 0.582. The fourth-order valence-corrected chi connectivity index (χ4v) is 2.92. The molecule has 0 radical (unpaired) electrons. The zero-order valence-corrected chi connectivity index (χ0v) is 13.3. The number of aromatic nitrogens is 2. The Balaban J connectivity index is 2.09. The first-order chi connectivity index (χ1) is 9.20. The summed E-state index contributed by atoms with van der Waals surface area (Å²) in [5.74, 6) is 0. The maximum absolute atomic E-state index is 4.50. The second kappa shape index (κ2) is 7.03. The Morgan fingerprint density at radius 3 is 2.79 bits per heavy atom. The standard InChI is InChI=1S/C14H16BrN3S/c1-3-16-10(2)13-7-6-11(9-18-13)19-14-12(15)5-4-8-17-14/h4-10,16H,3H2,1-2H3. The summed E-state index contributed by atoms with van der Waals surface area (Å²) in [6.45, 7) is 5.16. The Kier molecular flexibility index (Phi) is 5.36. The van der Waals surface area contributed by atoms with Crippen LogP contribution in [0.3, 0.4) is 0 Å². The van der Waals surface area contributed by atoms with E-state index < -0.39 is 0 Å². The van der Waals surface area contributed by atoms with Crippen LogP contribution in [-0.2, 0) is 0 Å². The van der Waals surface area contributed by atoms with E-state index in [9.17, 15) is 0 Å². The molecule has 0 spiro atoms. The highest BCUT2D eigenvalue weighted by Crippen LogP contribution is 2.31. The number of nitrogens with one attached hydrogen (secondary N) is 1. The van der Waals surface area contributed by atoms with E-state index in [-0.39, 0.29) is 6.04 Å². The lowest BCUT2D eigenvalue weighted by Crippen LogP contribution is -2.18. The van der Waals surface area contributed by atoms with Gasteiger partial charge in [0.15, 0.2) is 0 Å². The van der Waals surface area contributed by atoms with Crippen LogP contribution in [0.5, 0.6) is 0 Å². The molecular weight excluding hydrogens is 322 g/mol. The van der Waals surface area contributed by atoms with E-state index in [2.05, 4.69) is 57.2 Å². The monoisotopic (exact) mass is 337 g/mol. The molecule has 0 fully saturated rings. The van der Waals surface area contributed by atoms with Gasteiger partial charge >= 0.3 is 0 Å². The Hall–Kier alpha value is -0.910. The summed E-state index contributed by atoms with van der Waals surface area (Å²) in [6, 6.07) is 8.33. The molecule has 100 valence electrons. The Morgan fingerprint density at radius 2 is 2.16 bits per heavy atom. The van der Waals surface area contributed by atoms with Gasteiger partial charge in [0.1, 0.15) is 5.03 Å². The number of nitrogens with zero attached hydrogens (tertiary/aromatic N) is 2. The summed E-state index contributed by atoms with van der Waals surface area (Å²) in [5, 5.41) is 4.31. The average molecular weight is 338 g/mol. The van der Waals surface area contributed by atoms with E-state index in [4.69, 9.17) is 0 Å². The molecular formula is C14H16BrN3S. The van der Waals surface area contributed by atoms with Gasteiger partial charge in [-0.15, -0.1) is 0 Å². The van der Waals surface area contributed by atoms with Gasteiger partial charge in [-0.1, -0.05) is 18.7 Å². The van der Waals surface area contributed by atoms with Crippen LogP contribution in [0.25, 0.3) is 0 Å². The van der Waals surface area contributed by atoms with Crippen molar-refractivity contribution in [3.8, 4) is 0 Å². The minimum atomic E-state index is 0.283. The van der Waals surface area contributed by atoms with Crippen LogP contribution in [0.15, 0.2) is 51.1 Å². The van der Waals surface area contributed by atoms with Crippen molar-refractivity contribution in [3.05, 3.63) is 46.8 Å². The molecule has 2 aromatic rings. The van der Waals surface area contributed by atoms with E-state index in [1.807, 2.05) is 18.3 Å². The van der Waals surface area contributed by atoms with Crippen molar-refractivity contribution in [2.75, 3.05) is 6.54 Å². The molecule has 0 aliphatic heterocycles. The summed E-state index contributed by atoms with van der Waals surface area (Å²) < 4.78 is 1.00. The van der Waals surface area contributed by atoms with Crippen LogP contribution in [0.4, 0.5) is 0 Å². The SMILES string of the molecule is CCNC(C)c1ccc(Sc2ncccc2Br)cn1. The predicted octanol–water partition coefficient (Wildman–Crippen LogP) is 4.06. The highest BCUT2D eigenvalue weighted by atomic mass is 79.9. The van der Waals surface area contributed by atoms with Crippen molar-refractivity contribution < 1.29 is 0 Å². The van der Waals surface area contributed by atoms with Crippen molar-refractivity contribution in [3.63, 3.8) is 0 Å². The first kappa shape index (κ1) is 14.5. The molecule has 0 aliphatic carbocycles. The van der Waals surface area contributed by atoms with Crippen LogP contribution < -0.4 is 5.32 Å². The van der Waals surface area contributed by atoms with Gasteiger partial charge in [0.2, 0.25) is 0 Å². The lowest BCUT2D eigenvalue weighted by atomic mass is 10.2. The highest BCUT2D eigenvalue weighted by molar-refractivity contribution is 9.10. The van der Waals surface area contributed by atoms with Gasteiger partial charge in [0, 0.05) is 23.3 Å². The van der Waals surface area contributed by atoms with Crippen LogP contribution in [0.2, 0.25) is 0 Å². The quantitative estimate of drug-likeness (QED) is 0.892. The average Bonchev–Trinajstić information content (AvgIpc) is 2.42. The van der Waals surface area contributed by atoms with Crippen LogP contribution in [0.1, 0.15) is 25.6 Å². The second-order valence-corrected chi connectivity index (χ2v) is 6.01. The van der Waals surface area contributed by atoms with Gasteiger partial charge in [-0.05, 0) is 53.7 Å². The summed E-state index contributed by atoms with van der Waals surface area (Å²) >= 11 is 5.11. The van der Waals surface area contributed by atoms with Crippen molar-refractivity contribution in [2.24, 2.45) is 0 Å². The third-order valence-corrected chi connectivity index (χ3v) is 4.55. The molecule has 5 heteroatoms. The maximum atomic E-state index is 4.50. The van der Waals surface area contributed by atoms with Crippen LogP contribution in [0, 0.1) is 0 Å². The largest absolute Gasteiger partial charge is 0.309 e. The summed E-state index contributed by atoms with van der Waals surface area (Å²) in [6.07, 6.45) is 3.69. The van der Waals surface area contributed by atoms with Crippen LogP contribution in [-0.4, -0.2) is 16.5 Å². The maximum Gasteiger partial charge on any atom is 0.115 e. The molecule has 2 rings (SSSR count). The summed E-state index contributed by atoms with van der Waals surface area (Å²) in [7, 11) is 0. The highest BCUT2D eigenvalue weighted by Gasteiger charge is 2.07. The number of hydrogen-bond acceptors (Lipinski definition) is 4. The third kappa shape index (κ3) is 4.03. The second-order valence-electron chi connectivity index (χ2n) is 4.09. The molecule has 0 bridgehead atoms. The molecule has 0 saturated carbocycles. The molecule has 0 amide bonds. The minimum absolute atomic E-state index is 0.283. The molecule has 0 aliphatic rings. The molecule has 0 saturated heterocycles. The van der Waals surface area contributed by atoms with E-state index in [1.54, 1.807) is 18.0 Å². The topological polar surface area (TPSA) is 37.8 Å². The van der Waals surface area contributed by atoms with Crippen molar-refractivity contribution >= 4 is 27.7 Å². The molecule has 1 atom stereocenters. The zero-order chi connectivity index (χ0) is 13.7. The minimum Gasteiger partial charge on any atom is -0.309 e. The van der Waals surface area contributed by atoms with Gasteiger partial charge in [0.05, 0.1) is 10.2 Å². The van der Waals surface area contributed by atoms with Gasteiger partial charge in [-0.25, -0.2) is 4.98 Å². The fraction of sp³-hybridized carbons (Fsp3) is 0.286. The molecule has 0 aromatic carbocycles. The molecule has 19 heavy (non-hydrogen) atoms. The van der Waals surface area contributed by atoms with E-state index in [0.29, 0.717) is 0 Å². The number of rotatable bonds is 5. The van der Waals surface area contributed by atoms with Gasteiger partial charge in [-0.3, -0.25) is 4.98 Å². The Morgan fingerprint density at radius 1 is 1.32 bits per heavy atom. The van der Waals surface area contributed by atoms with Crippen molar-refractivity contribution in [1.29, 1.82) is 0 Å². The summed E-state index contributed by atoms with van der Waals surface area (Å²) in [4.78, 5) is 9.92. The van der Waals surface area contributed by atoms with Gasteiger partial charge in [-0.2, -0.15) is 0 Å². The van der Waals surface area contributed by atoms with Gasteiger partial charge in [0.25, 0.3) is 0 Å². The molecule has 2 heterocycles. The first-order valence-electron chi connectivity index (χ1n) is 6.18. The number of hydrogen-bond donors (Lipinski definition) is 1. The normalized spacial score (nSPS) is 12.4. The van der Waals surface area contributed by atoms with Crippen LogP contribution >= 0.6 is 27.7 Å². The number of pyridine rings is 2.